The first-order chi connectivity index (χ1) is 14.6. The normalized spacial score (nSPS) is 28.1. The maximum Gasteiger partial charge on any atom is 0.308 e. The Morgan fingerprint density at radius 2 is 1.58 bits per heavy atom. The van der Waals surface area contributed by atoms with Crippen molar-refractivity contribution in [1.29, 1.82) is 0 Å². The Labute approximate surface area is 176 Å². The van der Waals surface area contributed by atoms with E-state index in [0.29, 0.717) is 0 Å². The summed E-state index contributed by atoms with van der Waals surface area (Å²) in [5.74, 6) is -4.69. The zero-order valence-electron chi connectivity index (χ0n) is 16.9. The van der Waals surface area contributed by atoms with Crippen LogP contribution in [0.3, 0.4) is 0 Å². The van der Waals surface area contributed by atoms with Crippen LogP contribution < -0.4 is 9.64 Å². The van der Waals surface area contributed by atoms with E-state index >= 15 is 0 Å². The molecule has 1 aromatic carbocycles. The second-order valence-corrected chi connectivity index (χ2v) is 7.45. The molecular weight excluding hydrogens is 410 g/mol. The number of esters is 3. The van der Waals surface area contributed by atoms with Crippen molar-refractivity contribution < 1.29 is 42.9 Å². The van der Waals surface area contributed by atoms with Crippen LogP contribution in [0.5, 0.6) is 5.75 Å². The Bertz CT molecular complexity index is 998. The van der Waals surface area contributed by atoms with Crippen molar-refractivity contribution in [1.82, 2.24) is 0 Å². The molecule has 3 heterocycles. The predicted octanol–water partition coefficient (Wildman–Crippen LogP) is 0.877. The molecule has 0 N–H and O–H groups in total. The number of nitrogens with zero attached hydrogens (tertiary/aromatic N) is 1. The highest BCUT2D eigenvalue weighted by molar-refractivity contribution is 6.23. The second-order valence-electron chi connectivity index (χ2n) is 7.45. The van der Waals surface area contributed by atoms with E-state index in [0.717, 1.165) is 18.7 Å². The lowest BCUT2D eigenvalue weighted by molar-refractivity contribution is -0.226. The summed E-state index contributed by atoms with van der Waals surface area (Å²) >= 11 is 0. The lowest BCUT2D eigenvalue weighted by atomic mass is 9.76. The molecule has 0 aromatic heterocycles. The van der Waals surface area contributed by atoms with Crippen molar-refractivity contribution in [2.75, 3.05) is 4.90 Å². The summed E-state index contributed by atoms with van der Waals surface area (Å²) in [4.78, 5) is 61.8. The van der Waals surface area contributed by atoms with Gasteiger partial charge in [-0.3, -0.25) is 24.0 Å². The zero-order valence-corrected chi connectivity index (χ0v) is 16.9. The van der Waals surface area contributed by atoms with Crippen LogP contribution in [0, 0.1) is 11.8 Å². The highest BCUT2D eigenvalue weighted by atomic mass is 16.7. The Morgan fingerprint density at radius 1 is 0.968 bits per heavy atom. The van der Waals surface area contributed by atoms with Crippen molar-refractivity contribution >= 4 is 35.4 Å². The van der Waals surface area contributed by atoms with Crippen molar-refractivity contribution in [3.8, 4) is 5.75 Å². The molecule has 2 saturated heterocycles. The van der Waals surface area contributed by atoms with Crippen molar-refractivity contribution in [2.45, 2.75) is 38.8 Å². The van der Waals surface area contributed by atoms with Gasteiger partial charge in [0.1, 0.15) is 5.75 Å². The topological polar surface area (TPSA) is 126 Å². The lowest BCUT2D eigenvalue weighted by Crippen LogP contribution is -2.52. The minimum absolute atomic E-state index is 0.266. The molecule has 2 amide bonds. The first kappa shape index (κ1) is 20.7. The number of ether oxygens (including phenoxy) is 4. The first-order valence-electron chi connectivity index (χ1n) is 9.52. The number of anilines is 1. The third kappa shape index (κ3) is 3.28. The fraction of sp³-hybridized carbons (Fsp3) is 0.381. The van der Waals surface area contributed by atoms with Crippen LogP contribution in [-0.2, 0) is 38.2 Å². The standard InChI is InChI=1S/C21H19NO9/c1-10(23)28-14-6-4-13(5-7-14)22-18(26)16-15-8-9-21(31-15,17(16)19(22)27)20(29-11(2)24)30-12(3)25/h4-9,15-17,20H,1-3H3/t15-,16-,17+,21-/m0/s1. The van der Waals surface area contributed by atoms with Crippen LogP contribution in [0.2, 0.25) is 0 Å². The van der Waals surface area contributed by atoms with E-state index in [1.165, 1.54) is 37.3 Å². The number of rotatable bonds is 5. The quantitative estimate of drug-likeness (QED) is 0.220. The number of fused-ring (bicyclic) bond motifs is 5. The van der Waals surface area contributed by atoms with Crippen LogP contribution in [0.25, 0.3) is 0 Å². The molecule has 2 fully saturated rings. The third-order valence-corrected chi connectivity index (χ3v) is 5.35. The third-order valence-electron chi connectivity index (χ3n) is 5.35. The number of hydrogen-bond donors (Lipinski definition) is 0. The molecule has 10 heteroatoms. The summed E-state index contributed by atoms with van der Waals surface area (Å²) in [5.41, 5.74) is -1.32. The molecule has 3 aliphatic rings. The molecule has 31 heavy (non-hydrogen) atoms. The Kier molecular flexibility index (Phi) is 4.89. The monoisotopic (exact) mass is 429 g/mol. The smallest absolute Gasteiger partial charge is 0.308 e. The van der Waals surface area contributed by atoms with E-state index in [-0.39, 0.29) is 11.4 Å². The Balaban J connectivity index is 1.68. The summed E-state index contributed by atoms with van der Waals surface area (Å²) in [6, 6.07) is 5.89. The minimum Gasteiger partial charge on any atom is -0.427 e. The highest BCUT2D eigenvalue weighted by Gasteiger charge is 2.72. The number of amides is 2. The lowest BCUT2D eigenvalue weighted by Gasteiger charge is -2.34. The van der Waals surface area contributed by atoms with Crippen molar-refractivity contribution in [3.63, 3.8) is 0 Å². The number of carbonyl (C=O) groups is 5. The van der Waals surface area contributed by atoms with Gasteiger partial charge in [-0.05, 0) is 30.3 Å². The van der Waals surface area contributed by atoms with E-state index in [1.54, 1.807) is 6.08 Å². The summed E-state index contributed by atoms with van der Waals surface area (Å²) in [5, 5.41) is 0. The molecule has 0 aliphatic carbocycles. The Hall–Kier alpha value is -3.53. The fourth-order valence-electron chi connectivity index (χ4n) is 4.30. The number of hydrogen-bond acceptors (Lipinski definition) is 9. The fourth-order valence-corrected chi connectivity index (χ4v) is 4.30. The van der Waals surface area contributed by atoms with Crippen LogP contribution in [0.15, 0.2) is 36.4 Å². The van der Waals surface area contributed by atoms with E-state index in [4.69, 9.17) is 18.9 Å². The van der Waals surface area contributed by atoms with Gasteiger partial charge in [-0.2, -0.15) is 0 Å². The second kappa shape index (κ2) is 7.31. The number of benzene rings is 1. The first-order valence-corrected chi connectivity index (χ1v) is 9.52. The molecule has 0 spiro atoms. The molecule has 0 unspecified atom stereocenters. The van der Waals surface area contributed by atoms with Crippen LogP contribution in [0.1, 0.15) is 20.8 Å². The molecule has 0 saturated carbocycles. The summed E-state index contributed by atoms with van der Waals surface area (Å²) in [7, 11) is 0. The molecular formula is C21H19NO9. The molecule has 4 atom stereocenters. The average molecular weight is 429 g/mol. The van der Waals surface area contributed by atoms with E-state index in [9.17, 15) is 24.0 Å². The molecule has 3 aliphatic heterocycles. The van der Waals surface area contributed by atoms with Crippen LogP contribution in [0.4, 0.5) is 5.69 Å². The summed E-state index contributed by atoms with van der Waals surface area (Å²) in [6.07, 6.45) is 0.843. The van der Waals surface area contributed by atoms with Gasteiger partial charge in [-0.1, -0.05) is 6.08 Å². The number of carbonyl (C=O) groups excluding carboxylic acids is 5. The van der Waals surface area contributed by atoms with Gasteiger partial charge in [-0.25, -0.2) is 4.90 Å². The largest absolute Gasteiger partial charge is 0.427 e. The van der Waals surface area contributed by atoms with Gasteiger partial charge in [0.05, 0.1) is 23.6 Å². The van der Waals surface area contributed by atoms with Crippen molar-refractivity contribution in [3.05, 3.63) is 36.4 Å². The van der Waals surface area contributed by atoms with Gasteiger partial charge in [0.25, 0.3) is 6.29 Å². The summed E-state index contributed by atoms with van der Waals surface area (Å²) < 4.78 is 21.2. The SMILES string of the molecule is CC(=O)Oc1ccc(N2C(=O)[C@H]3[C@@H]4C=C[C@](C(OC(C)=O)OC(C)=O)(O4)[C@H]3C2=O)cc1. The van der Waals surface area contributed by atoms with E-state index in [2.05, 4.69) is 0 Å². The van der Waals surface area contributed by atoms with Crippen molar-refractivity contribution in [2.24, 2.45) is 11.8 Å². The van der Waals surface area contributed by atoms with Crippen LogP contribution in [-0.4, -0.2) is 47.7 Å². The highest BCUT2D eigenvalue weighted by Crippen LogP contribution is 2.54. The Morgan fingerprint density at radius 3 is 2.13 bits per heavy atom. The summed E-state index contributed by atoms with van der Waals surface area (Å²) in [6.45, 7) is 3.52. The average Bonchev–Trinajstić information content (AvgIpc) is 3.32. The van der Waals surface area contributed by atoms with E-state index in [1.807, 2.05) is 0 Å². The zero-order chi connectivity index (χ0) is 22.5. The maximum atomic E-state index is 13.4. The van der Waals surface area contributed by atoms with Crippen LogP contribution >= 0.6 is 0 Å². The van der Waals surface area contributed by atoms with Gasteiger partial charge in [0.15, 0.2) is 5.60 Å². The molecule has 1 aromatic rings. The van der Waals surface area contributed by atoms with Gasteiger partial charge in [0.2, 0.25) is 11.8 Å². The predicted molar refractivity (Wildman–Crippen MR) is 101 cm³/mol. The van der Waals surface area contributed by atoms with Gasteiger partial charge in [0, 0.05) is 20.8 Å². The van der Waals surface area contributed by atoms with Gasteiger partial charge in [-0.15, -0.1) is 0 Å². The molecule has 162 valence electrons. The molecule has 2 bridgehead atoms. The molecule has 4 rings (SSSR count). The van der Waals surface area contributed by atoms with E-state index < -0.39 is 59.6 Å². The molecule has 10 nitrogen and oxygen atoms in total. The number of imide groups is 1. The van der Waals surface area contributed by atoms with Gasteiger partial charge >= 0.3 is 17.9 Å². The minimum atomic E-state index is -1.61. The molecule has 0 radical (unpaired) electrons. The maximum absolute atomic E-state index is 13.4. The van der Waals surface area contributed by atoms with Gasteiger partial charge < -0.3 is 18.9 Å².